The Morgan fingerprint density at radius 3 is 2.71 bits per heavy atom. The molecule has 3 heterocycles. The van der Waals surface area contributed by atoms with Crippen molar-refractivity contribution in [2.75, 3.05) is 5.32 Å². The summed E-state index contributed by atoms with van der Waals surface area (Å²) in [5.74, 6) is -0.444. The number of carbonyl (C=O) groups excluding carboxylic acids is 1. The number of fused-ring (bicyclic) bond motifs is 1. The molecule has 4 aromatic rings. The van der Waals surface area contributed by atoms with Crippen LogP contribution in [0.25, 0.3) is 22.3 Å². The van der Waals surface area contributed by atoms with E-state index in [4.69, 9.17) is 0 Å². The molecular formula is C19H15N5O3S. The van der Waals surface area contributed by atoms with Gasteiger partial charge in [0.15, 0.2) is 5.13 Å². The summed E-state index contributed by atoms with van der Waals surface area (Å²) in [6, 6.07) is 7.45. The van der Waals surface area contributed by atoms with Gasteiger partial charge in [0, 0.05) is 17.1 Å². The molecule has 0 unspecified atom stereocenters. The largest absolute Gasteiger partial charge is 0.327 e. The molecule has 4 rings (SSSR count). The highest BCUT2D eigenvalue weighted by atomic mass is 32.1. The van der Waals surface area contributed by atoms with Crippen LogP contribution in [0.1, 0.15) is 21.5 Å². The van der Waals surface area contributed by atoms with Crippen LogP contribution < -0.4 is 16.6 Å². The van der Waals surface area contributed by atoms with E-state index in [9.17, 15) is 14.4 Å². The molecule has 8 nitrogen and oxygen atoms in total. The number of hydrogen-bond donors (Lipinski definition) is 3. The summed E-state index contributed by atoms with van der Waals surface area (Å²) in [5, 5.41) is 5.15. The van der Waals surface area contributed by atoms with Crippen LogP contribution in [0.3, 0.4) is 0 Å². The van der Waals surface area contributed by atoms with Crippen molar-refractivity contribution in [2.24, 2.45) is 0 Å². The normalized spacial score (nSPS) is 10.9. The molecule has 28 heavy (non-hydrogen) atoms. The maximum Gasteiger partial charge on any atom is 0.327 e. The third-order valence-corrected chi connectivity index (χ3v) is 5.14. The summed E-state index contributed by atoms with van der Waals surface area (Å²) in [5.41, 5.74) is 3.17. The lowest BCUT2D eigenvalue weighted by molar-refractivity contribution is 0.102. The molecule has 0 aliphatic rings. The molecule has 0 radical (unpaired) electrons. The Bertz CT molecular complexity index is 1340. The van der Waals surface area contributed by atoms with Crippen LogP contribution >= 0.6 is 11.3 Å². The number of thiazole rings is 1. The number of benzene rings is 1. The SMILES string of the molecule is Cc1ccc(-c2csc(NC(=O)c3cnc4[nH]c(=O)[nH]c(=O)c4c3)n2)cc1C. The Morgan fingerprint density at radius 1 is 1.11 bits per heavy atom. The topological polar surface area (TPSA) is 121 Å². The van der Waals surface area contributed by atoms with E-state index in [1.807, 2.05) is 31.4 Å². The molecule has 0 aliphatic carbocycles. The second-order valence-electron chi connectivity index (χ2n) is 6.32. The van der Waals surface area contributed by atoms with Gasteiger partial charge in [0.25, 0.3) is 11.5 Å². The molecule has 9 heteroatoms. The number of pyridine rings is 1. The van der Waals surface area contributed by atoms with Gasteiger partial charge < -0.3 is 0 Å². The molecule has 0 bridgehead atoms. The van der Waals surface area contributed by atoms with E-state index in [-0.39, 0.29) is 16.6 Å². The number of anilines is 1. The minimum atomic E-state index is -0.649. The lowest BCUT2D eigenvalue weighted by atomic mass is 10.1. The van der Waals surface area contributed by atoms with E-state index in [0.29, 0.717) is 5.13 Å². The van der Waals surface area contributed by atoms with Gasteiger partial charge in [0.2, 0.25) is 0 Å². The van der Waals surface area contributed by atoms with E-state index in [1.165, 1.54) is 34.7 Å². The highest BCUT2D eigenvalue weighted by Gasteiger charge is 2.13. The number of H-pyrrole nitrogens is 2. The van der Waals surface area contributed by atoms with E-state index in [1.54, 1.807) is 0 Å². The number of hydrogen-bond acceptors (Lipinski definition) is 6. The number of rotatable bonds is 3. The van der Waals surface area contributed by atoms with Crippen LogP contribution in [0.2, 0.25) is 0 Å². The molecule has 3 N–H and O–H groups in total. The predicted molar refractivity (Wildman–Crippen MR) is 108 cm³/mol. The van der Waals surface area contributed by atoms with Crippen molar-refractivity contribution >= 4 is 33.4 Å². The summed E-state index contributed by atoms with van der Waals surface area (Å²) in [4.78, 5) is 48.6. The monoisotopic (exact) mass is 393 g/mol. The predicted octanol–water partition coefficient (Wildman–Crippen LogP) is 2.60. The Kier molecular flexibility index (Phi) is 4.36. The third kappa shape index (κ3) is 3.35. The lowest BCUT2D eigenvalue weighted by Gasteiger charge is -2.03. The van der Waals surface area contributed by atoms with Crippen LogP contribution in [0.4, 0.5) is 5.13 Å². The van der Waals surface area contributed by atoms with Crippen LogP contribution in [-0.2, 0) is 0 Å². The molecule has 1 aromatic carbocycles. The fourth-order valence-electron chi connectivity index (χ4n) is 2.70. The number of carbonyl (C=O) groups is 1. The molecule has 0 atom stereocenters. The number of aromatic amines is 2. The van der Waals surface area contributed by atoms with Crippen molar-refractivity contribution in [1.29, 1.82) is 0 Å². The van der Waals surface area contributed by atoms with E-state index >= 15 is 0 Å². The van der Waals surface area contributed by atoms with E-state index in [2.05, 4.69) is 31.3 Å². The number of aromatic nitrogens is 4. The third-order valence-electron chi connectivity index (χ3n) is 4.38. The Balaban J connectivity index is 1.60. The second kappa shape index (κ2) is 6.86. The van der Waals surface area contributed by atoms with Gasteiger partial charge in [-0.2, -0.15) is 0 Å². The maximum atomic E-state index is 12.5. The lowest BCUT2D eigenvalue weighted by Crippen LogP contribution is -2.23. The van der Waals surface area contributed by atoms with Crippen molar-refractivity contribution in [3.8, 4) is 11.3 Å². The molecule has 0 saturated heterocycles. The molecule has 0 fully saturated rings. The summed E-state index contributed by atoms with van der Waals surface area (Å²) in [7, 11) is 0. The van der Waals surface area contributed by atoms with Crippen LogP contribution in [-0.4, -0.2) is 25.8 Å². The van der Waals surface area contributed by atoms with Crippen molar-refractivity contribution in [3.63, 3.8) is 0 Å². The molecule has 140 valence electrons. The maximum absolute atomic E-state index is 12.5. The number of nitrogens with zero attached hydrogens (tertiary/aromatic N) is 2. The zero-order chi connectivity index (χ0) is 19.8. The highest BCUT2D eigenvalue weighted by Crippen LogP contribution is 2.26. The van der Waals surface area contributed by atoms with Crippen molar-refractivity contribution < 1.29 is 4.79 Å². The van der Waals surface area contributed by atoms with Crippen LogP contribution in [0, 0.1) is 13.8 Å². The molecule has 0 spiro atoms. The van der Waals surface area contributed by atoms with Crippen molar-refractivity contribution in [1.82, 2.24) is 19.9 Å². The highest BCUT2D eigenvalue weighted by molar-refractivity contribution is 7.14. The second-order valence-corrected chi connectivity index (χ2v) is 7.18. The van der Waals surface area contributed by atoms with Crippen molar-refractivity contribution in [2.45, 2.75) is 13.8 Å². The quantitative estimate of drug-likeness (QED) is 0.494. The number of amides is 1. The van der Waals surface area contributed by atoms with Gasteiger partial charge in [-0.1, -0.05) is 12.1 Å². The molecular weight excluding hydrogens is 378 g/mol. The molecule has 0 aliphatic heterocycles. The van der Waals surface area contributed by atoms with Gasteiger partial charge >= 0.3 is 5.69 Å². The average molecular weight is 393 g/mol. The molecule has 1 amide bonds. The molecule has 0 saturated carbocycles. The smallest absolute Gasteiger partial charge is 0.298 e. The average Bonchev–Trinajstić information content (AvgIpc) is 3.12. The van der Waals surface area contributed by atoms with Crippen LogP contribution in [0.15, 0.2) is 45.4 Å². The molecule has 3 aromatic heterocycles. The minimum Gasteiger partial charge on any atom is -0.298 e. The first-order valence-corrected chi connectivity index (χ1v) is 9.25. The van der Waals surface area contributed by atoms with Gasteiger partial charge in [0.1, 0.15) is 5.65 Å². The zero-order valence-corrected chi connectivity index (χ0v) is 15.8. The first-order valence-electron chi connectivity index (χ1n) is 8.37. The van der Waals surface area contributed by atoms with Gasteiger partial charge in [-0.05, 0) is 37.1 Å². The van der Waals surface area contributed by atoms with Crippen LogP contribution in [0.5, 0.6) is 0 Å². The fraction of sp³-hybridized carbons (Fsp3) is 0.105. The summed E-state index contributed by atoms with van der Waals surface area (Å²) >= 11 is 1.31. The zero-order valence-electron chi connectivity index (χ0n) is 15.0. The van der Waals surface area contributed by atoms with Crippen molar-refractivity contribution in [3.05, 3.63) is 73.4 Å². The summed E-state index contributed by atoms with van der Waals surface area (Å²) in [6.07, 6.45) is 1.30. The van der Waals surface area contributed by atoms with Gasteiger partial charge in [-0.3, -0.25) is 24.9 Å². The van der Waals surface area contributed by atoms with Gasteiger partial charge in [0.05, 0.1) is 16.6 Å². The first kappa shape index (κ1) is 17.8. The van der Waals surface area contributed by atoms with Gasteiger partial charge in [-0.25, -0.2) is 14.8 Å². The van der Waals surface area contributed by atoms with E-state index in [0.717, 1.165) is 11.3 Å². The minimum absolute atomic E-state index is 0.122. The standard InChI is InChI=1S/C19H15N5O3S/c1-9-3-4-11(5-10(9)2)14-8-28-19(21-14)24-16(25)12-6-13-15(20-7-12)22-18(27)23-17(13)26/h3-8H,1-2H3,(H,21,24,25)(H2,20,22,23,26,27). The summed E-state index contributed by atoms with van der Waals surface area (Å²) < 4.78 is 0. The number of aryl methyl sites for hydroxylation is 2. The number of nitrogens with one attached hydrogen (secondary N) is 3. The first-order chi connectivity index (χ1) is 13.4. The Morgan fingerprint density at radius 2 is 1.93 bits per heavy atom. The Labute approximate surface area is 162 Å². The summed E-state index contributed by atoms with van der Waals surface area (Å²) in [6.45, 7) is 4.08. The van der Waals surface area contributed by atoms with E-state index < -0.39 is 17.2 Å². The fourth-order valence-corrected chi connectivity index (χ4v) is 3.42. The van der Waals surface area contributed by atoms with Gasteiger partial charge in [-0.15, -0.1) is 11.3 Å². The Hall–Kier alpha value is -3.59.